The van der Waals surface area contributed by atoms with Gasteiger partial charge in [-0.1, -0.05) is 5.16 Å². The third kappa shape index (κ3) is 3.16. The van der Waals surface area contributed by atoms with Gasteiger partial charge in [-0.25, -0.2) is 4.98 Å². The Morgan fingerprint density at radius 2 is 2.30 bits per heavy atom. The van der Waals surface area contributed by atoms with Crippen LogP contribution in [0.3, 0.4) is 0 Å². The Bertz CT molecular complexity index is 564. The fourth-order valence-electron chi connectivity index (χ4n) is 2.25. The lowest BCUT2D eigenvalue weighted by molar-refractivity contribution is 0.0751. The van der Waals surface area contributed by atoms with Crippen molar-refractivity contribution in [1.29, 1.82) is 0 Å². The molecular formula is C13H18N4O2S. The van der Waals surface area contributed by atoms with Crippen LogP contribution in [0.15, 0.2) is 9.90 Å². The summed E-state index contributed by atoms with van der Waals surface area (Å²) in [6.45, 7) is 0. The average Bonchev–Trinajstić information content (AvgIpc) is 3.01. The summed E-state index contributed by atoms with van der Waals surface area (Å²) in [6, 6.07) is 0. The summed E-state index contributed by atoms with van der Waals surface area (Å²) in [6.07, 6.45) is 4.92. The SMILES string of the molecule is COC(c1noc(CCCc2csc(N)n2)n1)C1CC1. The fourth-order valence-corrected chi connectivity index (χ4v) is 2.85. The third-order valence-corrected chi connectivity index (χ3v) is 4.16. The zero-order valence-electron chi connectivity index (χ0n) is 11.4. The fraction of sp³-hybridized carbons (Fsp3) is 0.615. The van der Waals surface area contributed by atoms with Crippen LogP contribution in [0.5, 0.6) is 0 Å². The quantitative estimate of drug-likeness (QED) is 0.843. The number of nitrogen functional groups attached to an aromatic ring is 1. The van der Waals surface area contributed by atoms with Gasteiger partial charge in [-0.2, -0.15) is 4.98 Å². The molecule has 2 N–H and O–H groups in total. The number of ether oxygens (including phenoxy) is 1. The van der Waals surface area contributed by atoms with Crippen molar-refractivity contribution in [2.24, 2.45) is 5.92 Å². The molecule has 0 amide bonds. The highest BCUT2D eigenvalue weighted by Crippen LogP contribution is 2.41. The molecule has 1 aliphatic rings. The zero-order chi connectivity index (χ0) is 13.9. The molecule has 1 aliphatic carbocycles. The second-order valence-corrected chi connectivity index (χ2v) is 5.96. The molecule has 1 atom stereocenters. The van der Waals surface area contributed by atoms with Gasteiger partial charge in [0.2, 0.25) is 11.7 Å². The summed E-state index contributed by atoms with van der Waals surface area (Å²) in [4.78, 5) is 8.66. The minimum Gasteiger partial charge on any atom is -0.375 e. The lowest BCUT2D eigenvalue weighted by atomic mass is 10.2. The highest BCUT2D eigenvalue weighted by molar-refractivity contribution is 7.13. The molecule has 0 aromatic carbocycles. The van der Waals surface area contributed by atoms with Crippen molar-refractivity contribution in [3.8, 4) is 0 Å². The van der Waals surface area contributed by atoms with Crippen LogP contribution in [0.2, 0.25) is 0 Å². The van der Waals surface area contributed by atoms with E-state index in [4.69, 9.17) is 15.0 Å². The number of anilines is 1. The van der Waals surface area contributed by atoms with Crippen LogP contribution in [0.1, 0.15) is 42.8 Å². The molecular weight excluding hydrogens is 276 g/mol. The lowest BCUT2D eigenvalue weighted by Crippen LogP contribution is -2.05. The first kappa shape index (κ1) is 13.5. The van der Waals surface area contributed by atoms with Gasteiger partial charge in [0.05, 0.1) is 5.69 Å². The average molecular weight is 294 g/mol. The molecule has 1 unspecified atom stereocenters. The van der Waals surface area contributed by atoms with Crippen molar-refractivity contribution in [2.75, 3.05) is 12.8 Å². The molecule has 1 fully saturated rings. The Hall–Kier alpha value is -1.47. The number of rotatable bonds is 7. The first-order valence-electron chi connectivity index (χ1n) is 6.81. The van der Waals surface area contributed by atoms with Crippen LogP contribution in [0, 0.1) is 5.92 Å². The van der Waals surface area contributed by atoms with Gasteiger partial charge in [0.25, 0.3) is 0 Å². The van der Waals surface area contributed by atoms with Gasteiger partial charge in [-0.05, 0) is 31.6 Å². The summed E-state index contributed by atoms with van der Waals surface area (Å²) >= 11 is 1.47. The molecule has 2 heterocycles. The van der Waals surface area contributed by atoms with E-state index in [0.717, 1.165) is 25.0 Å². The second kappa shape index (κ2) is 5.88. The first-order valence-corrected chi connectivity index (χ1v) is 7.69. The lowest BCUT2D eigenvalue weighted by Gasteiger charge is -2.08. The van der Waals surface area contributed by atoms with Gasteiger partial charge >= 0.3 is 0 Å². The van der Waals surface area contributed by atoms with Gasteiger partial charge in [-0.3, -0.25) is 0 Å². The van der Waals surface area contributed by atoms with Crippen molar-refractivity contribution in [3.05, 3.63) is 22.8 Å². The highest BCUT2D eigenvalue weighted by Gasteiger charge is 2.35. The monoisotopic (exact) mass is 294 g/mol. The van der Waals surface area contributed by atoms with E-state index in [2.05, 4.69) is 15.1 Å². The van der Waals surface area contributed by atoms with E-state index in [1.165, 1.54) is 24.2 Å². The smallest absolute Gasteiger partial charge is 0.226 e. The van der Waals surface area contributed by atoms with Crippen molar-refractivity contribution in [2.45, 2.75) is 38.2 Å². The Morgan fingerprint density at radius 1 is 1.45 bits per heavy atom. The maximum Gasteiger partial charge on any atom is 0.226 e. The van der Waals surface area contributed by atoms with Crippen molar-refractivity contribution >= 4 is 16.5 Å². The Morgan fingerprint density at radius 3 is 2.95 bits per heavy atom. The molecule has 108 valence electrons. The minimum absolute atomic E-state index is 0.00848. The molecule has 0 aliphatic heterocycles. The van der Waals surface area contributed by atoms with Crippen molar-refractivity contribution < 1.29 is 9.26 Å². The highest BCUT2D eigenvalue weighted by atomic mass is 32.1. The van der Waals surface area contributed by atoms with Gasteiger partial charge in [0.1, 0.15) is 6.10 Å². The summed E-state index contributed by atoms with van der Waals surface area (Å²) in [5, 5.41) is 6.64. The number of aryl methyl sites for hydroxylation is 2. The molecule has 0 radical (unpaired) electrons. The molecule has 3 rings (SSSR count). The predicted molar refractivity (Wildman–Crippen MR) is 75.3 cm³/mol. The van der Waals surface area contributed by atoms with Gasteiger partial charge in [0.15, 0.2) is 5.13 Å². The maximum atomic E-state index is 5.60. The molecule has 0 spiro atoms. The van der Waals surface area contributed by atoms with E-state index in [0.29, 0.717) is 22.8 Å². The summed E-state index contributed by atoms with van der Waals surface area (Å²) in [5.41, 5.74) is 6.63. The minimum atomic E-state index is -0.00848. The summed E-state index contributed by atoms with van der Waals surface area (Å²) in [5.74, 6) is 1.91. The Labute approximate surface area is 121 Å². The van der Waals surface area contributed by atoms with Crippen LogP contribution >= 0.6 is 11.3 Å². The summed E-state index contributed by atoms with van der Waals surface area (Å²) in [7, 11) is 1.70. The van der Waals surface area contributed by atoms with Gasteiger partial charge in [0, 0.05) is 18.9 Å². The van der Waals surface area contributed by atoms with Gasteiger partial charge < -0.3 is 15.0 Å². The molecule has 0 bridgehead atoms. The largest absolute Gasteiger partial charge is 0.375 e. The number of hydrogen-bond donors (Lipinski definition) is 1. The molecule has 2 aromatic heterocycles. The van der Waals surface area contributed by atoms with Gasteiger partial charge in [-0.15, -0.1) is 11.3 Å². The molecule has 20 heavy (non-hydrogen) atoms. The van der Waals surface area contributed by atoms with E-state index in [9.17, 15) is 0 Å². The first-order chi connectivity index (χ1) is 9.76. The number of methoxy groups -OCH3 is 1. The number of nitrogens with two attached hydrogens (primary N) is 1. The summed E-state index contributed by atoms with van der Waals surface area (Å²) < 4.78 is 10.7. The number of nitrogens with zero attached hydrogens (tertiary/aromatic N) is 3. The van der Waals surface area contributed by atoms with E-state index < -0.39 is 0 Å². The third-order valence-electron chi connectivity index (χ3n) is 3.44. The van der Waals surface area contributed by atoms with Crippen LogP contribution in [-0.2, 0) is 17.6 Å². The van der Waals surface area contributed by atoms with E-state index >= 15 is 0 Å². The standard InChI is InChI=1S/C13H18N4O2S/c1-18-11(8-5-6-8)12-16-10(19-17-12)4-2-3-9-7-20-13(14)15-9/h7-8,11H,2-6H2,1H3,(H2,14,15). The van der Waals surface area contributed by atoms with Crippen LogP contribution in [-0.4, -0.2) is 22.2 Å². The van der Waals surface area contributed by atoms with Crippen LogP contribution < -0.4 is 5.73 Å². The van der Waals surface area contributed by atoms with Crippen LogP contribution in [0.4, 0.5) is 5.13 Å². The molecule has 6 nitrogen and oxygen atoms in total. The normalized spacial score (nSPS) is 16.4. The molecule has 0 saturated heterocycles. The van der Waals surface area contributed by atoms with E-state index in [-0.39, 0.29) is 6.10 Å². The second-order valence-electron chi connectivity index (χ2n) is 5.07. The Balaban J connectivity index is 1.52. The Kier molecular flexibility index (Phi) is 3.98. The van der Waals surface area contributed by atoms with Crippen molar-refractivity contribution in [3.63, 3.8) is 0 Å². The number of hydrogen-bond acceptors (Lipinski definition) is 7. The maximum absolute atomic E-state index is 5.60. The topological polar surface area (TPSA) is 87.1 Å². The molecule has 1 saturated carbocycles. The zero-order valence-corrected chi connectivity index (χ0v) is 12.2. The van der Waals surface area contributed by atoms with E-state index in [1.807, 2.05) is 5.38 Å². The molecule has 2 aromatic rings. The number of aromatic nitrogens is 3. The molecule has 7 heteroatoms. The van der Waals surface area contributed by atoms with Crippen LogP contribution in [0.25, 0.3) is 0 Å². The predicted octanol–water partition coefficient (Wildman–Crippen LogP) is 2.38. The van der Waals surface area contributed by atoms with E-state index in [1.54, 1.807) is 7.11 Å². The van der Waals surface area contributed by atoms with Crippen molar-refractivity contribution in [1.82, 2.24) is 15.1 Å². The number of thiazole rings is 1.